The Kier molecular flexibility index (Phi) is 5.01. The molecule has 9 heteroatoms. The van der Waals surface area contributed by atoms with Gasteiger partial charge >= 0.3 is 0 Å². The number of thiophene rings is 1. The zero-order chi connectivity index (χ0) is 14.6. The molecular formula is C10H17N3O4S2. The Bertz CT molecular complexity index is 566. The second-order valence-corrected chi connectivity index (χ2v) is 7.12. The first kappa shape index (κ1) is 15.6. The molecule has 19 heavy (non-hydrogen) atoms. The van der Waals surface area contributed by atoms with Crippen molar-refractivity contribution in [2.45, 2.75) is 0 Å². The molecule has 0 spiro atoms. The van der Waals surface area contributed by atoms with Crippen molar-refractivity contribution in [2.24, 2.45) is 0 Å². The Morgan fingerprint density at radius 3 is 2.58 bits per heavy atom. The highest BCUT2D eigenvalue weighted by Gasteiger charge is 2.21. The molecule has 108 valence electrons. The summed E-state index contributed by atoms with van der Waals surface area (Å²) in [6, 6.07) is 0. The molecular weight excluding hydrogens is 290 g/mol. The van der Waals surface area contributed by atoms with E-state index in [1.165, 1.54) is 14.2 Å². The standard InChI is InChI=1S/C10H17N3O4S2/c1-12-9(14)8-6(11)7(17-2)10(18-8)13-4-5-19(3,15)16/h13H,4-5,11H2,1-3H3,(H,12,14). The highest BCUT2D eigenvalue weighted by molar-refractivity contribution is 7.90. The second-order valence-electron chi connectivity index (χ2n) is 3.84. The SMILES string of the molecule is CNC(=O)c1sc(NCCS(C)(=O)=O)c(OC)c1N. The lowest BCUT2D eigenvalue weighted by atomic mass is 10.3. The average molecular weight is 307 g/mol. The van der Waals surface area contributed by atoms with E-state index in [-0.39, 0.29) is 23.9 Å². The van der Waals surface area contributed by atoms with E-state index in [0.29, 0.717) is 15.6 Å². The molecule has 0 atom stereocenters. The number of nitrogens with two attached hydrogens (primary N) is 1. The van der Waals surface area contributed by atoms with E-state index in [0.717, 1.165) is 17.6 Å². The summed E-state index contributed by atoms with van der Waals surface area (Å²) < 4.78 is 27.2. The summed E-state index contributed by atoms with van der Waals surface area (Å²) in [4.78, 5) is 11.9. The highest BCUT2D eigenvalue weighted by atomic mass is 32.2. The van der Waals surface area contributed by atoms with Crippen molar-refractivity contribution in [1.29, 1.82) is 0 Å². The van der Waals surface area contributed by atoms with Gasteiger partial charge in [0.1, 0.15) is 25.4 Å². The minimum atomic E-state index is -3.05. The minimum absolute atomic E-state index is 0.0106. The summed E-state index contributed by atoms with van der Waals surface area (Å²) in [7, 11) is -0.104. The van der Waals surface area contributed by atoms with Gasteiger partial charge in [0.2, 0.25) is 0 Å². The third-order valence-electron chi connectivity index (χ3n) is 2.30. The molecule has 1 aromatic rings. The maximum atomic E-state index is 11.6. The van der Waals surface area contributed by atoms with Crippen LogP contribution in [-0.2, 0) is 9.84 Å². The lowest BCUT2D eigenvalue weighted by Crippen LogP contribution is -2.17. The number of rotatable bonds is 6. The summed E-state index contributed by atoms with van der Waals surface area (Å²) in [5, 5.41) is 5.94. The number of amides is 1. The second kappa shape index (κ2) is 6.11. The van der Waals surface area contributed by atoms with E-state index >= 15 is 0 Å². The van der Waals surface area contributed by atoms with Gasteiger partial charge in [-0.15, -0.1) is 11.3 Å². The number of hydrogen-bond acceptors (Lipinski definition) is 7. The fourth-order valence-electron chi connectivity index (χ4n) is 1.38. The number of nitrogens with one attached hydrogen (secondary N) is 2. The van der Waals surface area contributed by atoms with Gasteiger partial charge in [-0.2, -0.15) is 0 Å². The smallest absolute Gasteiger partial charge is 0.263 e. The predicted molar refractivity (Wildman–Crippen MR) is 76.9 cm³/mol. The molecule has 1 heterocycles. The van der Waals surface area contributed by atoms with Crippen LogP contribution in [0, 0.1) is 0 Å². The van der Waals surface area contributed by atoms with Crippen LogP contribution in [0.4, 0.5) is 10.7 Å². The molecule has 1 rings (SSSR count). The van der Waals surface area contributed by atoms with Crippen molar-refractivity contribution >= 4 is 37.8 Å². The van der Waals surface area contributed by atoms with Gasteiger partial charge in [0.05, 0.1) is 12.9 Å². The lowest BCUT2D eigenvalue weighted by Gasteiger charge is -2.05. The molecule has 0 unspecified atom stereocenters. The Labute approximate surface area is 116 Å². The van der Waals surface area contributed by atoms with Crippen LogP contribution in [0.2, 0.25) is 0 Å². The van der Waals surface area contributed by atoms with Crippen LogP contribution in [-0.4, -0.2) is 47.0 Å². The quantitative estimate of drug-likeness (QED) is 0.690. The molecule has 0 fully saturated rings. The zero-order valence-corrected chi connectivity index (χ0v) is 12.6. The Morgan fingerprint density at radius 1 is 1.47 bits per heavy atom. The van der Waals surface area contributed by atoms with Gasteiger partial charge in [-0.05, 0) is 0 Å². The van der Waals surface area contributed by atoms with Crippen LogP contribution >= 0.6 is 11.3 Å². The average Bonchev–Trinajstić information content (AvgIpc) is 2.63. The van der Waals surface area contributed by atoms with E-state index in [1.807, 2.05) is 0 Å². The van der Waals surface area contributed by atoms with E-state index in [4.69, 9.17) is 10.5 Å². The number of carbonyl (C=O) groups is 1. The molecule has 0 saturated heterocycles. The van der Waals surface area contributed by atoms with Crippen LogP contribution in [0.25, 0.3) is 0 Å². The topological polar surface area (TPSA) is 111 Å². The zero-order valence-electron chi connectivity index (χ0n) is 10.9. The Balaban J connectivity index is 2.92. The monoisotopic (exact) mass is 307 g/mol. The summed E-state index contributed by atoms with van der Waals surface area (Å²) in [6.45, 7) is 0.225. The largest absolute Gasteiger partial charge is 0.492 e. The van der Waals surface area contributed by atoms with Gasteiger partial charge in [0.25, 0.3) is 5.91 Å². The normalized spacial score (nSPS) is 11.1. The first-order valence-corrected chi connectivity index (χ1v) is 8.27. The summed E-state index contributed by atoms with van der Waals surface area (Å²) in [5.74, 6) is 0.0394. The summed E-state index contributed by atoms with van der Waals surface area (Å²) >= 11 is 1.13. The number of sulfone groups is 1. The third-order valence-corrected chi connectivity index (χ3v) is 4.38. The van der Waals surface area contributed by atoms with Crippen LogP contribution in [0.5, 0.6) is 5.75 Å². The van der Waals surface area contributed by atoms with E-state index < -0.39 is 9.84 Å². The predicted octanol–water partition coefficient (Wildman–Crippen LogP) is 0.155. The van der Waals surface area contributed by atoms with Crippen molar-refractivity contribution in [2.75, 3.05) is 43.8 Å². The minimum Gasteiger partial charge on any atom is -0.492 e. The molecule has 0 aliphatic rings. The van der Waals surface area contributed by atoms with Crippen LogP contribution in [0.1, 0.15) is 9.67 Å². The van der Waals surface area contributed by atoms with Crippen LogP contribution < -0.4 is 21.1 Å². The summed E-state index contributed by atoms with van der Waals surface area (Å²) in [5.41, 5.74) is 6.06. The molecule has 0 aromatic carbocycles. The van der Waals surface area contributed by atoms with Crippen molar-refractivity contribution in [3.05, 3.63) is 4.88 Å². The lowest BCUT2D eigenvalue weighted by molar-refractivity contribution is 0.0967. The van der Waals surface area contributed by atoms with Crippen molar-refractivity contribution in [1.82, 2.24) is 5.32 Å². The van der Waals surface area contributed by atoms with E-state index in [9.17, 15) is 13.2 Å². The number of anilines is 2. The van der Waals surface area contributed by atoms with Gasteiger partial charge in [-0.25, -0.2) is 8.42 Å². The molecule has 0 bridgehead atoms. The first-order valence-electron chi connectivity index (χ1n) is 5.40. The summed E-state index contributed by atoms with van der Waals surface area (Å²) in [6.07, 6.45) is 1.16. The molecule has 0 aliphatic heterocycles. The van der Waals surface area contributed by atoms with Gasteiger partial charge in [0.15, 0.2) is 5.75 Å². The fraction of sp³-hybridized carbons (Fsp3) is 0.500. The fourth-order valence-corrected chi connectivity index (χ4v) is 2.91. The van der Waals surface area contributed by atoms with Gasteiger partial charge < -0.3 is 21.1 Å². The number of ether oxygens (including phenoxy) is 1. The van der Waals surface area contributed by atoms with Crippen LogP contribution in [0.15, 0.2) is 0 Å². The van der Waals surface area contributed by atoms with Crippen LogP contribution in [0.3, 0.4) is 0 Å². The molecule has 0 radical (unpaired) electrons. The third kappa shape index (κ3) is 4.00. The van der Waals surface area contributed by atoms with Gasteiger partial charge in [-0.3, -0.25) is 4.79 Å². The van der Waals surface area contributed by atoms with E-state index in [2.05, 4.69) is 10.6 Å². The maximum absolute atomic E-state index is 11.6. The Morgan fingerprint density at radius 2 is 2.11 bits per heavy atom. The van der Waals surface area contributed by atoms with Crippen molar-refractivity contribution < 1.29 is 17.9 Å². The van der Waals surface area contributed by atoms with E-state index in [1.54, 1.807) is 0 Å². The first-order chi connectivity index (χ1) is 8.80. The molecule has 0 aliphatic carbocycles. The maximum Gasteiger partial charge on any atom is 0.263 e. The molecule has 7 nitrogen and oxygen atoms in total. The number of methoxy groups -OCH3 is 1. The number of hydrogen-bond donors (Lipinski definition) is 3. The molecule has 1 amide bonds. The number of nitrogen functional groups attached to an aromatic ring is 1. The van der Waals surface area contributed by atoms with Crippen molar-refractivity contribution in [3.8, 4) is 5.75 Å². The molecule has 0 saturated carbocycles. The van der Waals surface area contributed by atoms with Gasteiger partial charge in [-0.1, -0.05) is 0 Å². The molecule has 1 aromatic heterocycles. The van der Waals surface area contributed by atoms with Crippen molar-refractivity contribution in [3.63, 3.8) is 0 Å². The number of carbonyl (C=O) groups excluding carboxylic acids is 1. The Hall–Kier alpha value is -1.48. The molecule has 4 N–H and O–H groups in total. The van der Waals surface area contributed by atoms with Gasteiger partial charge in [0, 0.05) is 19.8 Å². The highest BCUT2D eigenvalue weighted by Crippen LogP contribution is 2.42.